The lowest BCUT2D eigenvalue weighted by Gasteiger charge is -2.43. The lowest BCUT2D eigenvalue weighted by atomic mass is 10.3. The zero-order valence-corrected chi connectivity index (χ0v) is 13.5. The minimum absolute atomic E-state index is 0.0670. The molecule has 0 aromatic heterocycles. The Balaban J connectivity index is 2.86. The number of esters is 1. The van der Waals surface area contributed by atoms with Crippen molar-refractivity contribution in [3.63, 3.8) is 0 Å². The minimum Gasteiger partial charge on any atom is -0.463 e. The Bertz CT molecular complexity index is 472. The minimum atomic E-state index is -0.752. The average Bonchev–Trinajstić information content (AvgIpc) is 2.31. The Morgan fingerprint density at radius 3 is 2.14 bits per heavy atom. The van der Waals surface area contributed by atoms with Crippen LogP contribution in [-0.4, -0.2) is 53.5 Å². The first kappa shape index (κ1) is 17.8. The number of hydrogen-bond acceptors (Lipinski definition) is 6. The quantitative estimate of drug-likeness (QED) is 0.448. The van der Waals surface area contributed by atoms with Crippen LogP contribution in [0, 0.1) is 0 Å². The topological polar surface area (TPSA) is 85.4 Å². The molecule has 1 aliphatic rings. The highest BCUT2D eigenvalue weighted by Crippen LogP contribution is 2.25. The van der Waals surface area contributed by atoms with Crippen molar-refractivity contribution in [2.75, 3.05) is 13.2 Å². The van der Waals surface area contributed by atoms with Gasteiger partial charge in [-0.05, 0) is 34.6 Å². The highest BCUT2D eigenvalue weighted by molar-refractivity contribution is 5.86. The molecule has 8 nitrogen and oxygen atoms in total. The van der Waals surface area contributed by atoms with Gasteiger partial charge in [0, 0.05) is 6.08 Å². The number of rotatable bonds is 4. The standard InChI is InChI=1S/C14H22N2O6/c1-6-20-12(17)7-11-8-15(13(18)21-9(2)3)16(11)14(19)22-10(4)5/h7,9-10H,6,8H2,1-5H3/b11-7-. The highest BCUT2D eigenvalue weighted by Gasteiger charge is 2.42. The van der Waals surface area contributed by atoms with Gasteiger partial charge in [-0.25, -0.2) is 19.4 Å². The fraction of sp³-hybridized carbons (Fsp3) is 0.643. The van der Waals surface area contributed by atoms with E-state index in [-0.39, 0.29) is 25.4 Å². The van der Waals surface area contributed by atoms with Crippen LogP contribution in [0.5, 0.6) is 0 Å². The summed E-state index contributed by atoms with van der Waals surface area (Å²) in [7, 11) is 0. The molecule has 0 spiro atoms. The van der Waals surface area contributed by atoms with Crippen molar-refractivity contribution in [3.05, 3.63) is 11.8 Å². The van der Waals surface area contributed by atoms with Gasteiger partial charge in [0.2, 0.25) is 0 Å². The second kappa shape index (κ2) is 7.67. The van der Waals surface area contributed by atoms with Gasteiger partial charge in [-0.3, -0.25) is 0 Å². The van der Waals surface area contributed by atoms with Crippen molar-refractivity contribution in [1.29, 1.82) is 0 Å². The number of carbonyl (C=O) groups excluding carboxylic acids is 3. The van der Waals surface area contributed by atoms with E-state index >= 15 is 0 Å². The summed E-state index contributed by atoms with van der Waals surface area (Å²) in [5.74, 6) is -0.586. The molecule has 0 atom stereocenters. The Hall–Kier alpha value is -2.25. The first-order valence-electron chi connectivity index (χ1n) is 7.12. The smallest absolute Gasteiger partial charge is 0.433 e. The van der Waals surface area contributed by atoms with E-state index in [9.17, 15) is 14.4 Å². The summed E-state index contributed by atoms with van der Waals surface area (Å²) < 4.78 is 14.9. The molecular weight excluding hydrogens is 292 g/mol. The Labute approximate surface area is 129 Å². The van der Waals surface area contributed by atoms with Crippen molar-refractivity contribution in [3.8, 4) is 0 Å². The van der Waals surface area contributed by atoms with Crippen molar-refractivity contribution in [1.82, 2.24) is 10.0 Å². The Morgan fingerprint density at radius 1 is 1.09 bits per heavy atom. The number of ether oxygens (including phenoxy) is 3. The van der Waals surface area contributed by atoms with Crippen LogP contribution in [-0.2, 0) is 19.0 Å². The van der Waals surface area contributed by atoms with Gasteiger partial charge in [0.1, 0.15) is 0 Å². The summed E-state index contributed by atoms with van der Waals surface area (Å²) in [5.41, 5.74) is 0.310. The summed E-state index contributed by atoms with van der Waals surface area (Å²) >= 11 is 0. The van der Waals surface area contributed by atoms with Gasteiger partial charge in [0.25, 0.3) is 0 Å². The van der Waals surface area contributed by atoms with Crippen LogP contribution >= 0.6 is 0 Å². The summed E-state index contributed by atoms with van der Waals surface area (Å²) in [6.07, 6.45) is -0.966. The molecule has 0 bridgehead atoms. The molecule has 8 heteroatoms. The van der Waals surface area contributed by atoms with Gasteiger partial charge in [-0.15, -0.1) is 0 Å². The molecule has 1 rings (SSSR count). The molecule has 0 saturated carbocycles. The number of amides is 2. The molecule has 0 aromatic carbocycles. The number of nitrogens with zero attached hydrogens (tertiary/aromatic N) is 2. The zero-order chi connectivity index (χ0) is 16.9. The van der Waals surface area contributed by atoms with Gasteiger partial charge < -0.3 is 14.2 Å². The zero-order valence-electron chi connectivity index (χ0n) is 13.5. The molecule has 2 amide bonds. The van der Waals surface area contributed by atoms with E-state index in [1.165, 1.54) is 0 Å². The van der Waals surface area contributed by atoms with Crippen molar-refractivity contribution in [2.45, 2.75) is 46.8 Å². The highest BCUT2D eigenvalue weighted by atomic mass is 16.6. The largest absolute Gasteiger partial charge is 0.463 e. The predicted octanol–water partition coefficient (Wildman–Crippen LogP) is 2.06. The van der Waals surface area contributed by atoms with E-state index in [0.29, 0.717) is 5.70 Å². The van der Waals surface area contributed by atoms with Gasteiger partial charge >= 0.3 is 18.2 Å². The predicted molar refractivity (Wildman–Crippen MR) is 76.5 cm³/mol. The van der Waals surface area contributed by atoms with E-state index in [4.69, 9.17) is 14.2 Å². The van der Waals surface area contributed by atoms with Crippen LogP contribution in [0.2, 0.25) is 0 Å². The average molecular weight is 314 g/mol. The van der Waals surface area contributed by atoms with Crippen LogP contribution in [0.15, 0.2) is 11.8 Å². The molecule has 0 N–H and O–H groups in total. The molecular formula is C14H22N2O6. The van der Waals surface area contributed by atoms with E-state index in [0.717, 1.165) is 16.1 Å². The lowest BCUT2D eigenvalue weighted by molar-refractivity contribution is -0.137. The number of hydrogen-bond donors (Lipinski definition) is 0. The fourth-order valence-electron chi connectivity index (χ4n) is 1.67. The van der Waals surface area contributed by atoms with E-state index in [2.05, 4.69) is 0 Å². The molecule has 0 unspecified atom stereocenters. The molecule has 1 heterocycles. The fourth-order valence-corrected chi connectivity index (χ4v) is 1.67. The van der Waals surface area contributed by atoms with Crippen LogP contribution in [0.3, 0.4) is 0 Å². The number of hydrazine groups is 1. The van der Waals surface area contributed by atoms with Gasteiger partial charge in [0.15, 0.2) is 0 Å². The molecule has 0 aromatic rings. The van der Waals surface area contributed by atoms with Crippen molar-refractivity contribution in [2.24, 2.45) is 0 Å². The summed E-state index contributed by atoms with van der Waals surface area (Å²) in [6.45, 7) is 8.73. The second-order valence-corrected chi connectivity index (χ2v) is 5.12. The van der Waals surface area contributed by atoms with Gasteiger partial charge in [-0.2, -0.15) is 5.01 Å². The Kier molecular flexibility index (Phi) is 6.21. The third kappa shape index (κ3) is 4.64. The molecule has 1 fully saturated rings. The molecule has 1 saturated heterocycles. The summed E-state index contributed by atoms with van der Waals surface area (Å²) in [4.78, 5) is 35.4. The first-order valence-corrected chi connectivity index (χ1v) is 7.12. The van der Waals surface area contributed by atoms with Crippen LogP contribution in [0.4, 0.5) is 9.59 Å². The van der Waals surface area contributed by atoms with E-state index < -0.39 is 18.2 Å². The maximum Gasteiger partial charge on any atom is 0.433 e. The molecule has 0 radical (unpaired) electrons. The Morgan fingerprint density at radius 2 is 1.64 bits per heavy atom. The normalized spacial score (nSPS) is 15.9. The third-order valence-electron chi connectivity index (χ3n) is 2.45. The maximum absolute atomic E-state index is 12.0. The van der Waals surface area contributed by atoms with Crippen LogP contribution < -0.4 is 0 Å². The van der Waals surface area contributed by atoms with Crippen molar-refractivity contribution >= 4 is 18.2 Å². The maximum atomic E-state index is 12.0. The molecule has 124 valence electrons. The van der Waals surface area contributed by atoms with Crippen LogP contribution in [0.25, 0.3) is 0 Å². The molecule has 22 heavy (non-hydrogen) atoms. The number of carbonyl (C=O) groups is 3. The van der Waals surface area contributed by atoms with E-state index in [1.54, 1.807) is 34.6 Å². The first-order chi connectivity index (χ1) is 10.3. The second-order valence-electron chi connectivity index (χ2n) is 5.12. The molecule has 1 aliphatic heterocycles. The van der Waals surface area contributed by atoms with Gasteiger partial charge in [-0.1, -0.05) is 0 Å². The lowest BCUT2D eigenvalue weighted by Crippen LogP contribution is -2.61. The monoisotopic (exact) mass is 314 g/mol. The SMILES string of the molecule is CCOC(=O)/C=C1/CN(C(=O)OC(C)C)N1C(=O)OC(C)C. The summed E-state index contributed by atoms with van der Waals surface area (Å²) in [6, 6.07) is 0. The van der Waals surface area contributed by atoms with Crippen LogP contribution in [0.1, 0.15) is 34.6 Å². The van der Waals surface area contributed by atoms with Gasteiger partial charge in [0.05, 0.1) is 31.1 Å². The third-order valence-corrected chi connectivity index (χ3v) is 2.45. The van der Waals surface area contributed by atoms with E-state index in [1.807, 2.05) is 0 Å². The van der Waals surface area contributed by atoms with Crippen molar-refractivity contribution < 1.29 is 28.6 Å². The molecule has 0 aliphatic carbocycles. The summed E-state index contributed by atoms with van der Waals surface area (Å²) in [5, 5.41) is 2.04.